The van der Waals surface area contributed by atoms with Gasteiger partial charge in [0.1, 0.15) is 12.1 Å². The maximum absolute atomic E-state index is 13.6. The fourth-order valence-corrected chi connectivity index (χ4v) is 2.61. The molecule has 0 unspecified atom stereocenters. The zero-order valence-electron chi connectivity index (χ0n) is 12.6. The number of amides is 1. The molecule has 122 valence electrons. The number of carbonyl (C=O) groups is 1. The predicted octanol–water partition coefficient (Wildman–Crippen LogP) is 4.10. The Balaban J connectivity index is 1.59. The molecule has 1 amide bonds. The summed E-state index contributed by atoms with van der Waals surface area (Å²) in [5, 5.41) is 2.68. The molecule has 0 saturated heterocycles. The highest BCUT2D eigenvalue weighted by Crippen LogP contribution is 2.18. The van der Waals surface area contributed by atoms with Crippen LogP contribution in [0.15, 0.2) is 63.7 Å². The normalized spacial score (nSPS) is 10.6. The number of benzene rings is 2. The lowest BCUT2D eigenvalue weighted by Crippen LogP contribution is -2.25. The van der Waals surface area contributed by atoms with Crippen LogP contribution in [0.5, 0.6) is 0 Å². The highest BCUT2D eigenvalue weighted by molar-refractivity contribution is 9.10. The molecule has 24 heavy (non-hydrogen) atoms. The zero-order valence-corrected chi connectivity index (χ0v) is 14.2. The van der Waals surface area contributed by atoms with Crippen LogP contribution in [0.25, 0.3) is 11.5 Å². The second-order valence-corrected chi connectivity index (χ2v) is 6.11. The topological polar surface area (TPSA) is 55.1 Å². The van der Waals surface area contributed by atoms with Crippen molar-refractivity contribution >= 4 is 21.8 Å². The molecule has 0 fully saturated rings. The lowest BCUT2D eigenvalue weighted by Gasteiger charge is -2.06. The van der Waals surface area contributed by atoms with Gasteiger partial charge in [0.15, 0.2) is 0 Å². The molecule has 0 atom stereocenters. The van der Waals surface area contributed by atoms with Gasteiger partial charge in [-0.2, -0.15) is 0 Å². The number of hydrogen-bond donors (Lipinski definition) is 1. The van der Waals surface area contributed by atoms with Gasteiger partial charge < -0.3 is 9.73 Å². The van der Waals surface area contributed by atoms with Crippen LogP contribution in [0.3, 0.4) is 0 Å². The third-order valence-corrected chi connectivity index (χ3v) is 3.89. The summed E-state index contributed by atoms with van der Waals surface area (Å²) in [6, 6.07) is 14.0. The highest BCUT2D eigenvalue weighted by Gasteiger charge is 2.11. The summed E-state index contributed by atoms with van der Waals surface area (Å²) < 4.78 is 19.8. The number of aromatic nitrogens is 1. The van der Waals surface area contributed by atoms with E-state index in [1.807, 2.05) is 30.3 Å². The standard InChI is InChI=1S/C18H14BrFN2O2/c19-14-6-7-16(20)13(8-14)10-21-17(23)9-15-11-24-18(22-15)12-4-2-1-3-5-12/h1-8,11H,9-10H2,(H,21,23). The summed E-state index contributed by atoms with van der Waals surface area (Å²) >= 11 is 3.28. The molecule has 3 aromatic rings. The minimum atomic E-state index is -0.355. The Hall–Kier alpha value is -2.47. The number of halogens is 2. The third kappa shape index (κ3) is 4.08. The number of oxazole rings is 1. The second-order valence-electron chi connectivity index (χ2n) is 5.20. The first-order valence-corrected chi connectivity index (χ1v) is 8.11. The van der Waals surface area contributed by atoms with Gasteiger partial charge in [0.25, 0.3) is 0 Å². The molecule has 4 nitrogen and oxygen atoms in total. The first-order chi connectivity index (χ1) is 11.6. The van der Waals surface area contributed by atoms with E-state index in [1.54, 1.807) is 12.1 Å². The van der Waals surface area contributed by atoms with Crippen LogP contribution in [0.2, 0.25) is 0 Å². The summed E-state index contributed by atoms with van der Waals surface area (Å²) in [5.74, 6) is -0.134. The minimum absolute atomic E-state index is 0.0754. The summed E-state index contributed by atoms with van der Waals surface area (Å²) in [6.07, 6.45) is 1.54. The second kappa shape index (κ2) is 7.40. The Kier molecular flexibility index (Phi) is 5.05. The van der Waals surface area contributed by atoms with E-state index in [0.717, 1.165) is 10.0 Å². The Morgan fingerprint density at radius 3 is 2.79 bits per heavy atom. The number of nitrogens with one attached hydrogen (secondary N) is 1. The fourth-order valence-electron chi connectivity index (χ4n) is 2.20. The molecule has 0 saturated carbocycles. The van der Waals surface area contributed by atoms with E-state index in [2.05, 4.69) is 26.2 Å². The van der Waals surface area contributed by atoms with Gasteiger partial charge in [-0.25, -0.2) is 9.37 Å². The first kappa shape index (κ1) is 16.4. The molecule has 0 spiro atoms. The molecule has 1 N–H and O–H groups in total. The number of rotatable bonds is 5. The van der Waals surface area contributed by atoms with E-state index in [9.17, 15) is 9.18 Å². The minimum Gasteiger partial charge on any atom is -0.444 e. The number of carbonyl (C=O) groups excluding carboxylic acids is 1. The molecule has 2 aromatic carbocycles. The molecular weight excluding hydrogens is 375 g/mol. The maximum atomic E-state index is 13.6. The molecule has 0 bridgehead atoms. The van der Waals surface area contributed by atoms with E-state index >= 15 is 0 Å². The van der Waals surface area contributed by atoms with Crippen molar-refractivity contribution < 1.29 is 13.6 Å². The van der Waals surface area contributed by atoms with Crippen molar-refractivity contribution in [1.29, 1.82) is 0 Å². The summed E-state index contributed by atoms with van der Waals surface area (Å²) in [5.41, 5.74) is 1.80. The van der Waals surface area contributed by atoms with Crippen molar-refractivity contribution in [2.75, 3.05) is 0 Å². The van der Waals surface area contributed by atoms with E-state index in [4.69, 9.17) is 4.42 Å². The Morgan fingerprint density at radius 2 is 2.00 bits per heavy atom. The van der Waals surface area contributed by atoms with Gasteiger partial charge in [0.05, 0.1) is 12.1 Å². The van der Waals surface area contributed by atoms with Gasteiger partial charge in [-0.15, -0.1) is 0 Å². The van der Waals surface area contributed by atoms with Crippen LogP contribution in [-0.2, 0) is 17.8 Å². The maximum Gasteiger partial charge on any atom is 0.226 e. The predicted molar refractivity (Wildman–Crippen MR) is 91.6 cm³/mol. The summed E-state index contributed by atoms with van der Waals surface area (Å²) in [4.78, 5) is 16.3. The first-order valence-electron chi connectivity index (χ1n) is 7.32. The van der Waals surface area contributed by atoms with Gasteiger partial charge in [-0.3, -0.25) is 4.79 Å². The van der Waals surface area contributed by atoms with Crippen LogP contribution in [0.1, 0.15) is 11.3 Å². The fraction of sp³-hybridized carbons (Fsp3) is 0.111. The van der Waals surface area contributed by atoms with Crippen molar-refractivity contribution in [3.05, 3.63) is 76.3 Å². The smallest absolute Gasteiger partial charge is 0.226 e. The molecule has 6 heteroatoms. The van der Waals surface area contributed by atoms with E-state index in [-0.39, 0.29) is 24.7 Å². The summed E-state index contributed by atoms with van der Waals surface area (Å²) in [7, 11) is 0. The largest absolute Gasteiger partial charge is 0.444 e. The summed E-state index contributed by atoms with van der Waals surface area (Å²) in [6.45, 7) is 0.119. The van der Waals surface area contributed by atoms with Crippen LogP contribution in [0, 0.1) is 5.82 Å². The third-order valence-electron chi connectivity index (χ3n) is 3.40. The molecule has 1 aromatic heterocycles. The van der Waals surface area contributed by atoms with Gasteiger partial charge in [0, 0.05) is 22.1 Å². The molecule has 0 aliphatic rings. The number of nitrogens with zero attached hydrogens (tertiary/aromatic N) is 1. The van der Waals surface area contributed by atoms with E-state index < -0.39 is 0 Å². The Bertz CT molecular complexity index is 849. The van der Waals surface area contributed by atoms with Crippen LogP contribution in [-0.4, -0.2) is 10.9 Å². The monoisotopic (exact) mass is 388 g/mol. The quantitative estimate of drug-likeness (QED) is 0.715. The Labute approximate surface area is 146 Å². The molecule has 1 heterocycles. The van der Waals surface area contributed by atoms with Crippen molar-refractivity contribution in [3.8, 4) is 11.5 Å². The molecule has 3 rings (SSSR count). The molecule has 0 radical (unpaired) electrons. The highest BCUT2D eigenvalue weighted by atomic mass is 79.9. The number of hydrogen-bond acceptors (Lipinski definition) is 3. The zero-order chi connectivity index (χ0) is 16.9. The van der Waals surface area contributed by atoms with Gasteiger partial charge in [-0.1, -0.05) is 34.1 Å². The van der Waals surface area contributed by atoms with Crippen LogP contribution in [0.4, 0.5) is 4.39 Å². The SMILES string of the molecule is O=C(Cc1coc(-c2ccccc2)n1)NCc1cc(Br)ccc1F. The Morgan fingerprint density at radius 1 is 1.21 bits per heavy atom. The van der Waals surface area contributed by atoms with E-state index in [1.165, 1.54) is 12.3 Å². The molecular formula is C18H14BrFN2O2. The lowest BCUT2D eigenvalue weighted by molar-refractivity contribution is -0.120. The average molecular weight is 389 g/mol. The van der Waals surface area contributed by atoms with Crippen molar-refractivity contribution in [2.45, 2.75) is 13.0 Å². The lowest BCUT2D eigenvalue weighted by atomic mass is 10.2. The van der Waals surface area contributed by atoms with Crippen LogP contribution >= 0.6 is 15.9 Å². The van der Waals surface area contributed by atoms with Gasteiger partial charge >= 0.3 is 0 Å². The van der Waals surface area contributed by atoms with Crippen molar-refractivity contribution in [2.24, 2.45) is 0 Å². The van der Waals surface area contributed by atoms with Gasteiger partial charge in [0.2, 0.25) is 11.8 Å². The van der Waals surface area contributed by atoms with Gasteiger partial charge in [-0.05, 0) is 30.3 Å². The van der Waals surface area contributed by atoms with E-state index in [0.29, 0.717) is 17.1 Å². The van der Waals surface area contributed by atoms with Crippen molar-refractivity contribution in [3.63, 3.8) is 0 Å². The average Bonchev–Trinajstić information content (AvgIpc) is 3.05. The molecule has 0 aliphatic carbocycles. The van der Waals surface area contributed by atoms with Crippen molar-refractivity contribution in [1.82, 2.24) is 10.3 Å². The van der Waals surface area contributed by atoms with Crippen LogP contribution < -0.4 is 5.32 Å². The molecule has 0 aliphatic heterocycles.